The van der Waals surface area contributed by atoms with Crippen LogP contribution >= 0.6 is 0 Å². The molecule has 106 valence electrons. The first-order chi connectivity index (χ1) is 8.63. The van der Waals surface area contributed by atoms with Crippen LogP contribution in [0.25, 0.3) is 0 Å². The lowest BCUT2D eigenvalue weighted by molar-refractivity contribution is -0.135. The third kappa shape index (κ3) is 5.80. The Morgan fingerprint density at radius 2 is 2.22 bits per heavy atom. The van der Waals surface area contributed by atoms with Crippen LogP contribution < -0.4 is 10.6 Å². The summed E-state index contributed by atoms with van der Waals surface area (Å²) in [5, 5.41) is 5.92. The van der Waals surface area contributed by atoms with Crippen LogP contribution in [-0.2, 0) is 14.3 Å². The minimum Gasteiger partial charge on any atom is -0.376 e. The zero-order chi connectivity index (χ0) is 13.4. The minimum atomic E-state index is -0.417. The van der Waals surface area contributed by atoms with Gasteiger partial charge in [0.25, 0.3) is 0 Å². The van der Waals surface area contributed by atoms with E-state index in [9.17, 15) is 4.79 Å². The Labute approximate surface area is 110 Å². The standard InChI is InChI=1S/C13H26N2O3/c1-10(14-3)8-15-13(16)11(2)18-9-12-6-4-5-7-17-12/h10-12,14H,4-9H2,1-3H3,(H,15,16). The quantitative estimate of drug-likeness (QED) is 0.705. The molecule has 0 aromatic carbocycles. The van der Waals surface area contributed by atoms with E-state index < -0.39 is 6.10 Å². The molecule has 0 radical (unpaired) electrons. The van der Waals surface area contributed by atoms with Crippen LogP contribution in [0.3, 0.4) is 0 Å². The lowest BCUT2D eigenvalue weighted by atomic mass is 10.1. The topological polar surface area (TPSA) is 59.6 Å². The number of rotatable bonds is 7. The predicted molar refractivity (Wildman–Crippen MR) is 70.5 cm³/mol. The number of carbonyl (C=O) groups excluding carboxylic acids is 1. The first-order valence-corrected chi connectivity index (χ1v) is 6.81. The maximum absolute atomic E-state index is 11.7. The van der Waals surface area contributed by atoms with Gasteiger partial charge in [-0.05, 0) is 40.2 Å². The highest BCUT2D eigenvalue weighted by Crippen LogP contribution is 2.13. The Morgan fingerprint density at radius 3 is 2.83 bits per heavy atom. The van der Waals surface area contributed by atoms with E-state index in [-0.39, 0.29) is 18.1 Å². The van der Waals surface area contributed by atoms with Crippen LogP contribution in [0, 0.1) is 0 Å². The van der Waals surface area contributed by atoms with Crippen molar-refractivity contribution in [1.82, 2.24) is 10.6 Å². The second-order valence-electron chi connectivity index (χ2n) is 4.90. The summed E-state index contributed by atoms with van der Waals surface area (Å²) in [6.45, 7) is 5.73. The average molecular weight is 258 g/mol. The van der Waals surface area contributed by atoms with Crippen LogP contribution in [0.5, 0.6) is 0 Å². The summed E-state index contributed by atoms with van der Waals surface area (Å²) in [6.07, 6.45) is 3.10. The lowest BCUT2D eigenvalue weighted by Crippen LogP contribution is -2.42. The van der Waals surface area contributed by atoms with E-state index >= 15 is 0 Å². The molecule has 3 unspecified atom stereocenters. The number of hydrogen-bond acceptors (Lipinski definition) is 4. The number of nitrogens with one attached hydrogen (secondary N) is 2. The molecule has 5 nitrogen and oxygen atoms in total. The third-order valence-corrected chi connectivity index (χ3v) is 3.25. The van der Waals surface area contributed by atoms with Gasteiger partial charge < -0.3 is 20.1 Å². The van der Waals surface area contributed by atoms with Crippen molar-refractivity contribution in [2.24, 2.45) is 0 Å². The smallest absolute Gasteiger partial charge is 0.248 e. The SMILES string of the molecule is CNC(C)CNC(=O)C(C)OCC1CCCCO1. The van der Waals surface area contributed by atoms with E-state index in [1.165, 1.54) is 6.42 Å². The average Bonchev–Trinajstić information content (AvgIpc) is 2.42. The highest BCUT2D eigenvalue weighted by molar-refractivity contribution is 5.80. The summed E-state index contributed by atoms with van der Waals surface area (Å²) in [4.78, 5) is 11.7. The number of likely N-dealkylation sites (N-methyl/N-ethyl adjacent to an activating group) is 1. The molecule has 1 heterocycles. The van der Waals surface area contributed by atoms with Gasteiger partial charge in [-0.25, -0.2) is 0 Å². The number of hydrogen-bond donors (Lipinski definition) is 2. The molecule has 1 aliphatic rings. The van der Waals surface area contributed by atoms with E-state index in [2.05, 4.69) is 10.6 Å². The summed E-state index contributed by atoms with van der Waals surface area (Å²) >= 11 is 0. The molecule has 1 saturated heterocycles. The fourth-order valence-corrected chi connectivity index (χ4v) is 1.77. The van der Waals surface area contributed by atoms with Crippen molar-refractivity contribution in [1.29, 1.82) is 0 Å². The molecule has 0 aromatic rings. The molecule has 0 aromatic heterocycles. The molecule has 0 saturated carbocycles. The second-order valence-corrected chi connectivity index (χ2v) is 4.90. The van der Waals surface area contributed by atoms with Gasteiger partial charge >= 0.3 is 0 Å². The number of ether oxygens (including phenoxy) is 2. The van der Waals surface area contributed by atoms with E-state index in [0.29, 0.717) is 13.2 Å². The highest BCUT2D eigenvalue weighted by Gasteiger charge is 2.18. The summed E-state index contributed by atoms with van der Waals surface area (Å²) in [5.41, 5.74) is 0. The first kappa shape index (κ1) is 15.4. The van der Waals surface area contributed by atoms with Crippen molar-refractivity contribution in [3.8, 4) is 0 Å². The Bertz CT molecular complexity index is 242. The van der Waals surface area contributed by atoms with Gasteiger partial charge in [0.15, 0.2) is 0 Å². The predicted octanol–water partition coefficient (Wildman–Crippen LogP) is 0.685. The Hall–Kier alpha value is -0.650. The van der Waals surface area contributed by atoms with Crippen molar-refractivity contribution in [2.45, 2.75) is 51.4 Å². The van der Waals surface area contributed by atoms with Gasteiger partial charge in [0, 0.05) is 19.2 Å². The van der Waals surface area contributed by atoms with Crippen LogP contribution in [0.15, 0.2) is 0 Å². The largest absolute Gasteiger partial charge is 0.376 e. The Morgan fingerprint density at radius 1 is 1.44 bits per heavy atom. The zero-order valence-electron chi connectivity index (χ0n) is 11.7. The van der Waals surface area contributed by atoms with Crippen molar-refractivity contribution in [3.63, 3.8) is 0 Å². The second kappa shape index (κ2) is 8.45. The normalized spacial score (nSPS) is 23.4. The molecule has 18 heavy (non-hydrogen) atoms. The lowest BCUT2D eigenvalue weighted by Gasteiger charge is -2.24. The van der Waals surface area contributed by atoms with Gasteiger partial charge in [0.2, 0.25) is 5.91 Å². The zero-order valence-corrected chi connectivity index (χ0v) is 11.7. The number of amides is 1. The van der Waals surface area contributed by atoms with E-state index in [4.69, 9.17) is 9.47 Å². The molecule has 1 amide bonds. The van der Waals surface area contributed by atoms with Crippen molar-refractivity contribution < 1.29 is 14.3 Å². The van der Waals surface area contributed by atoms with Crippen LogP contribution in [0.1, 0.15) is 33.1 Å². The maximum Gasteiger partial charge on any atom is 0.248 e. The van der Waals surface area contributed by atoms with Crippen molar-refractivity contribution >= 4 is 5.91 Å². The Balaban J connectivity index is 2.14. The van der Waals surface area contributed by atoms with Gasteiger partial charge in [0.05, 0.1) is 12.7 Å². The molecule has 3 atom stereocenters. The third-order valence-electron chi connectivity index (χ3n) is 3.25. The molecule has 1 aliphatic heterocycles. The summed E-state index contributed by atoms with van der Waals surface area (Å²) < 4.78 is 11.1. The van der Waals surface area contributed by atoms with E-state index in [1.807, 2.05) is 14.0 Å². The monoisotopic (exact) mass is 258 g/mol. The fourth-order valence-electron chi connectivity index (χ4n) is 1.77. The van der Waals surface area contributed by atoms with Gasteiger partial charge in [0.1, 0.15) is 6.10 Å². The molecular formula is C13H26N2O3. The van der Waals surface area contributed by atoms with Crippen LogP contribution in [0.4, 0.5) is 0 Å². The number of carbonyl (C=O) groups is 1. The fraction of sp³-hybridized carbons (Fsp3) is 0.923. The molecule has 0 bridgehead atoms. The Kier molecular flexibility index (Phi) is 7.23. The molecular weight excluding hydrogens is 232 g/mol. The summed E-state index contributed by atoms with van der Waals surface area (Å²) in [5.74, 6) is -0.0621. The van der Waals surface area contributed by atoms with Crippen molar-refractivity contribution in [3.05, 3.63) is 0 Å². The first-order valence-electron chi connectivity index (χ1n) is 6.81. The summed E-state index contributed by atoms with van der Waals surface area (Å²) in [7, 11) is 1.87. The minimum absolute atomic E-state index is 0.0621. The highest BCUT2D eigenvalue weighted by atomic mass is 16.5. The molecule has 0 aliphatic carbocycles. The van der Waals surface area contributed by atoms with Crippen LogP contribution in [0.2, 0.25) is 0 Å². The summed E-state index contributed by atoms with van der Waals surface area (Å²) in [6, 6.07) is 0.267. The van der Waals surface area contributed by atoms with Gasteiger partial charge in [-0.15, -0.1) is 0 Å². The molecule has 0 spiro atoms. The molecule has 2 N–H and O–H groups in total. The van der Waals surface area contributed by atoms with E-state index in [0.717, 1.165) is 19.4 Å². The van der Waals surface area contributed by atoms with Crippen molar-refractivity contribution in [2.75, 3.05) is 26.8 Å². The van der Waals surface area contributed by atoms with Crippen LogP contribution in [-0.4, -0.2) is 51.0 Å². The molecule has 1 rings (SSSR count). The van der Waals surface area contributed by atoms with Gasteiger partial charge in [-0.1, -0.05) is 0 Å². The van der Waals surface area contributed by atoms with E-state index in [1.54, 1.807) is 6.92 Å². The maximum atomic E-state index is 11.7. The molecule has 1 fully saturated rings. The van der Waals surface area contributed by atoms with Gasteiger partial charge in [-0.3, -0.25) is 4.79 Å². The van der Waals surface area contributed by atoms with Gasteiger partial charge in [-0.2, -0.15) is 0 Å². The molecule has 5 heteroatoms.